The maximum Gasteiger partial charge on any atom is 0.0932 e. The lowest BCUT2D eigenvalue weighted by atomic mass is 10.1. The monoisotopic (exact) mass is 414 g/mol. The Morgan fingerprint density at radius 1 is 0.833 bits per heavy atom. The molecule has 0 amide bonds. The molecule has 0 aliphatic carbocycles. The molecule has 7 heteroatoms. The molecule has 148 valence electrons. The van der Waals surface area contributed by atoms with Gasteiger partial charge in [-0.25, -0.2) is 4.98 Å². The SMILES string of the molecule is Cc1cc(Nc2ccc(N=Nc3ccccc3)cc2)c2c(ccc3nc[nH]c32)n1.Cl. The van der Waals surface area contributed by atoms with Gasteiger partial charge in [0, 0.05) is 16.8 Å². The van der Waals surface area contributed by atoms with Gasteiger partial charge in [0.1, 0.15) is 0 Å². The van der Waals surface area contributed by atoms with Crippen LogP contribution in [0, 0.1) is 6.92 Å². The van der Waals surface area contributed by atoms with Gasteiger partial charge < -0.3 is 10.3 Å². The van der Waals surface area contributed by atoms with E-state index < -0.39 is 0 Å². The molecular weight excluding hydrogens is 396 g/mol. The summed E-state index contributed by atoms with van der Waals surface area (Å²) in [6, 6.07) is 23.6. The van der Waals surface area contributed by atoms with Gasteiger partial charge in [0.15, 0.2) is 0 Å². The van der Waals surface area contributed by atoms with E-state index in [0.29, 0.717) is 0 Å². The summed E-state index contributed by atoms with van der Waals surface area (Å²) in [4.78, 5) is 12.3. The number of H-pyrrole nitrogens is 1. The molecule has 0 saturated carbocycles. The summed E-state index contributed by atoms with van der Waals surface area (Å²) in [5, 5.41) is 13.1. The molecule has 3 aromatic carbocycles. The molecule has 0 unspecified atom stereocenters. The summed E-state index contributed by atoms with van der Waals surface area (Å²) in [6.07, 6.45) is 1.71. The zero-order valence-corrected chi connectivity index (χ0v) is 17.0. The van der Waals surface area contributed by atoms with Gasteiger partial charge in [-0.05, 0) is 61.5 Å². The van der Waals surface area contributed by atoms with Crippen LogP contribution < -0.4 is 5.32 Å². The fourth-order valence-corrected chi connectivity index (χ4v) is 3.35. The highest BCUT2D eigenvalue weighted by Crippen LogP contribution is 2.32. The molecule has 6 nitrogen and oxygen atoms in total. The molecule has 0 atom stereocenters. The van der Waals surface area contributed by atoms with Crippen LogP contribution in [0.5, 0.6) is 0 Å². The fourth-order valence-electron chi connectivity index (χ4n) is 3.35. The van der Waals surface area contributed by atoms with E-state index in [1.54, 1.807) is 6.33 Å². The summed E-state index contributed by atoms with van der Waals surface area (Å²) in [5.74, 6) is 0. The van der Waals surface area contributed by atoms with E-state index in [0.717, 1.165) is 50.4 Å². The van der Waals surface area contributed by atoms with E-state index in [1.165, 1.54) is 0 Å². The van der Waals surface area contributed by atoms with Gasteiger partial charge in [-0.15, -0.1) is 12.4 Å². The van der Waals surface area contributed by atoms with Crippen molar-refractivity contribution < 1.29 is 0 Å². The Labute approximate surface area is 179 Å². The number of azo groups is 1. The molecule has 2 N–H and O–H groups in total. The van der Waals surface area contributed by atoms with Crippen molar-refractivity contribution in [3.05, 3.63) is 84.8 Å². The largest absolute Gasteiger partial charge is 0.355 e. The molecular formula is C23H19ClN6. The average Bonchev–Trinajstić information content (AvgIpc) is 3.22. The molecule has 0 aliphatic heterocycles. The van der Waals surface area contributed by atoms with Crippen molar-refractivity contribution in [2.24, 2.45) is 10.2 Å². The first kappa shape index (κ1) is 19.5. The Hall–Kier alpha value is -3.77. The number of aromatic nitrogens is 3. The minimum atomic E-state index is 0. The summed E-state index contributed by atoms with van der Waals surface area (Å²) in [5.41, 5.74) is 7.36. The van der Waals surface area contributed by atoms with E-state index in [4.69, 9.17) is 0 Å². The number of imidazole rings is 1. The minimum absolute atomic E-state index is 0. The zero-order valence-electron chi connectivity index (χ0n) is 16.2. The van der Waals surface area contributed by atoms with Crippen LogP contribution in [0.25, 0.3) is 21.9 Å². The molecule has 5 aromatic rings. The molecule has 2 heterocycles. The lowest BCUT2D eigenvalue weighted by molar-refractivity contribution is 1.23. The van der Waals surface area contributed by atoms with Gasteiger partial charge in [0.25, 0.3) is 0 Å². The maximum absolute atomic E-state index is 4.66. The van der Waals surface area contributed by atoms with Crippen LogP contribution in [0.2, 0.25) is 0 Å². The van der Waals surface area contributed by atoms with E-state index in [1.807, 2.05) is 79.7 Å². The Bertz CT molecular complexity index is 1330. The van der Waals surface area contributed by atoms with E-state index in [9.17, 15) is 0 Å². The molecule has 30 heavy (non-hydrogen) atoms. The third-order valence-electron chi connectivity index (χ3n) is 4.68. The second-order valence-corrected chi connectivity index (χ2v) is 6.77. The van der Waals surface area contributed by atoms with Crippen molar-refractivity contribution in [2.75, 3.05) is 5.32 Å². The Balaban J connectivity index is 0.00000218. The van der Waals surface area contributed by atoms with Crippen LogP contribution in [0.4, 0.5) is 22.7 Å². The van der Waals surface area contributed by atoms with Crippen LogP contribution in [-0.2, 0) is 0 Å². The molecule has 0 aliphatic rings. The number of benzene rings is 3. The molecule has 0 fully saturated rings. The lowest BCUT2D eigenvalue weighted by Crippen LogP contribution is -1.95. The number of fused-ring (bicyclic) bond motifs is 3. The lowest BCUT2D eigenvalue weighted by Gasteiger charge is -2.11. The van der Waals surface area contributed by atoms with Gasteiger partial charge in [-0.1, -0.05) is 18.2 Å². The summed E-state index contributed by atoms with van der Waals surface area (Å²) in [7, 11) is 0. The summed E-state index contributed by atoms with van der Waals surface area (Å²) in [6.45, 7) is 1.99. The number of hydrogen-bond donors (Lipinski definition) is 2. The van der Waals surface area contributed by atoms with Gasteiger partial charge in [0.2, 0.25) is 0 Å². The number of hydrogen-bond acceptors (Lipinski definition) is 5. The smallest absolute Gasteiger partial charge is 0.0932 e. The first-order chi connectivity index (χ1) is 14.3. The topological polar surface area (TPSA) is 78.3 Å². The standard InChI is InChI=1S/C23H18N6.ClH/c1-15-13-21(22-19(26-15)11-12-20-23(22)25-14-24-20)27-16-7-9-18(10-8-16)29-28-17-5-3-2-4-6-17;/h2-14H,1H3,(H,24,25)(H,26,27);1H. The van der Waals surface area contributed by atoms with E-state index in [-0.39, 0.29) is 12.4 Å². The summed E-state index contributed by atoms with van der Waals surface area (Å²) >= 11 is 0. The Morgan fingerprint density at radius 3 is 2.30 bits per heavy atom. The first-order valence-electron chi connectivity index (χ1n) is 9.33. The third kappa shape index (κ3) is 3.86. The first-order valence-corrected chi connectivity index (χ1v) is 9.33. The second kappa shape index (κ2) is 8.31. The van der Waals surface area contributed by atoms with E-state index in [2.05, 4.69) is 30.5 Å². The molecule has 5 rings (SSSR count). The van der Waals surface area contributed by atoms with E-state index >= 15 is 0 Å². The van der Waals surface area contributed by atoms with Gasteiger partial charge >= 0.3 is 0 Å². The van der Waals surface area contributed by atoms with Crippen molar-refractivity contribution in [1.29, 1.82) is 0 Å². The fraction of sp³-hybridized carbons (Fsp3) is 0.0435. The van der Waals surface area contributed by atoms with Crippen molar-refractivity contribution in [3.63, 3.8) is 0 Å². The highest BCUT2D eigenvalue weighted by molar-refractivity contribution is 6.10. The van der Waals surface area contributed by atoms with Crippen LogP contribution >= 0.6 is 12.4 Å². The number of aryl methyl sites for hydroxylation is 1. The van der Waals surface area contributed by atoms with Crippen LogP contribution in [0.1, 0.15) is 5.69 Å². The number of pyridine rings is 1. The van der Waals surface area contributed by atoms with Crippen molar-refractivity contribution in [1.82, 2.24) is 15.0 Å². The Morgan fingerprint density at radius 2 is 1.53 bits per heavy atom. The van der Waals surface area contributed by atoms with Crippen LogP contribution in [-0.4, -0.2) is 15.0 Å². The molecule has 0 radical (unpaired) electrons. The van der Waals surface area contributed by atoms with Crippen LogP contribution in [0.15, 0.2) is 89.4 Å². The number of rotatable bonds is 4. The predicted octanol–water partition coefficient (Wildman–Crippen LogP) is 7.00. The second-order valence-electron chi connectivity index (χ2n) is 6.77. The maximum atomic E-state index is 4.66. The predicted molar refractivity (Wildman–Crippen MR) is 124 cm³/mol. The average molecular weight is 415 g/mol. The van der Waals surface area contributed by atoms with Crippen LogP contribution in [0.3, 0.4) is 0 Å². The molecule has 0 saturated heterocycles. The van der Waals surface area contributed by atoms with Gasteiger partial charge in [-0.2, -0.15) is 10.2 Å². The van der Waals surface area contributed by atoms with Crippen molar-refractivity contribution in [3.8, 4) is 0 Å². The highest BCUT2D eigenvalue weighted by atomic mass is 35.5. The highest BCUT2D eigenvalue weighted by Gasteiger charge is 2.10. The van der Waals surface area contributed by atoms with Gasteiger partial charge in [0.05, 0.1) is 39.9 Å². The Kier molecular flexibility index (Phi) is 5.41. The molecule has 2 aromatic heterocycles. The zero-order chi connectivity index (χ0) is 19.6. The summed E-state index contributed by atoms with van der Waals surface area (Å²) < 4.78 is 0. The van der Waals surface area contributed by atoms with Gasteiger partial charge in [-0.3, -0.25) is 4.98 Å². The van der Waals surface area contributed by atoms with Crippen molar-refractivity contribution >= 4 is 57.1 Å². The number of nitrogens with one attached hydrogen (secondary N) is 2. The third-order valence-corrected chi connectivity index (χ3v) is 4.68. The number of nitrogens with zero attached hydrogens (tertiary/aromatic N) is 4. The number of halogens is 1. The number of anilines is 2. The molecule has 0 bridgehead atoms. The normalized spacial score (nSPS) is 11.1. The molecule has 0 spiro atoms. The van der Waals surface area contributed by atoms with Crippen molar-refractivity contribution in [2.45, 2.75) is 6.92 Å². The number of aromatic amines is 1. The quantitative estimate of drug-likeness (QED) is 0.311. The minimum Gasteiger partial charge on any atom is -0.355 e.